The molecule has 18 heavy (non-hydrogen) atoms. The molecule has 0 aliphatic carbocycles. The molecule has 4 heteroatoms. The van der Waals surface area contributed by atoms with Gasteiger partial charge in [0.15, 0.2) is 0 Å². The molecule has 0 aromatic rings. The van der Waals surface area contributed by atoms with Gasteiger partial charge in [0.05, 0.1) is 6.07 Å². The highest BCUT2D eigenvalue weighted by molar-refractivity contribution is 5.06. The standard InChI is InChI=1S/C14H26N4/c1-3-16-14(2,11-15)12-17-7-5-9-18-8-4-6-13(18)10-17/h13,16H,3-10,12H2,1-2H3. The summed E-state index contributed by atoms with van der Waals surface area (Å²) >= 11 is 0. The van der Waals surface area contributed by atoms with E-state index in [1.165, 1.54) is 32.4 Å². The monoisotopic (exact) mass is 250 g/mol. The molecule has 0 radical (unpaired) electrons. The van der Waals surface area contributed by atoms with Gasteiger partial charge >= 0.3 is 0 Å². The Bertz CT molecular complexity index is 311. The number of rotatable bonds is 4. The minimum Gasteiger partial charge on any atom is -0.299 e. The smallest absolute Gasteiger partial charge is 0.116 e. The molecular weight excluding hydrogens is 224 g/mol. The summed E-state index contributed by atoms with van der Waals surface area (Å²) in [4.78, 5) is 5.12. The van der Waals surface area contributed by atoms with Gasteiger partial charge in [-0.05, 0) is 52.4 Å². The minimum atomic E-state index is -0.400. The lowest BCUT2D eigenvalue weighted by molar-refractivity contribution is 0.193. The molecule has 0 saturated carbocycles. The number of hydrogen-bond donors (Lipinski definition) is 1. The van der Waals surface area contributed by atoms with E-state index >= 15 is 0 Å². The Labute approximate surface area is 111 Å². The summed E-state index contributed by atoms with van der Waals surface area (Å²) in [5.74, 6) is 0. The van der Waals surface area contributed by atoms with Crippen LogP contribution in [0.3, 0.4) is 0 Å². The fourth-order valence-electron chi connectivity index (χ4n) is 3.39. The van der Waals surface area contributed by atoms with Crippen molar-refractivity contribution in [3.8, 4) is 6.07 Å². The largest absolute Gasteiger partial charge is 0.299 e. The number of nitrogens with one attached hydrogen (secondary N) is 1. The van der Waals surface area contributed by atoms with Crippen LogP contribution in [0.1, 0.15) is 33.1 Å². The van der Waals surface area contributed by atoms with Crippen LogP contribution < -0.4 is 5.32 Å². The second kappa shape index (κ2) is 6.01. The Morgan fingerprint density at radius 1 is 1.33 bits per heavy atom. The predicted octanol–water partition coefficient (Wildman–Crippen LogP) is 1.05. The van der Waals surface area contributed by atoms with Gasteiger partial charge in [-0.25, -0.2) is 0 Å². The van der Waals surface area contributed by atoms with Crippen molar-refractivity contribution < 1.29 is 0 Å². The van der Waals surface area contributed by atoms with Crippen LogP contribution in [0.25, 0.3) is 0 Å². The summed E-state index contributed by atoms with van der Waals surface area (Å²) in [6.07, 6.45) is 3.92. The summed E-state index contributed by atoms with van der Waals surface area (Å²) in [7, 11) is 0. The highest BCUT2D eigenvalue weighted by Crippen LogP contribution is 2.22. The van der Waals surface area contributed by atoms with Crippen LogP contribution in [0, 0.1) is 11.3 Å². The van der Waals surface area contributed by atoms with Gasteiger partial charge in [-0.1, -0.05) is 6.92 Å². The van der Waals surface area contributed by atoms with Crippen molar-refractivity contribution in [2.24, 2.45) is 0 Å². The molecule has 2 saturated heterocycles. The van der Waals surface area contributed by atoms with E-state index in [0.29, 0.717) is 0 Å². The van der Waals surface area contributed by atoms with Crippen LogP contribution in [0.5, 0.6) is 0 Å². The molecule has 4 nitrogen and oxygen atoms in total. The van der Waals surface area contributed by atoms with Crippen LogP contribution in [-0.4, -0.2) is 60.6 Å². The molecule has 2 rings (SSSR count). The van der Waals surface area contributed by atoms with Crippen molar-refractivity contribution in [3.63, 3.8) is 0 Å². The molecule has 2 aliphatic heterocycles. The van der Waals surface area contributed by atoms with Crippen LogP contribution >= 0.6 is 0 Å². The summed E-state index contributed by atoms with van der Waals surface area (Å²) < 4.78 is 0. The van der Waals surface area contributed by atoms with Gasteiger partial charge in [-0.2, -0.15) is 5.26 Å². The summed E-state index contributed by atoms with van der Waals surface area (Å²) in [6, 6.07) is 3.17. The molecular formula is C14H26N4. The van der Waals surface area contributed by atoms with E-state index in [0.717, 1.165) is 32.2 Å². The normalized spacial score (nSPS) is 29.3. The van der Waals surface area contributed by atoms with Gasteiger partial charge in [0, 0.05) is 19.1 Å². The maximum Gasteiger partial charge on any atom is 0.116 e. The van der Waals surface area contributed by atoms with Crippen molar-refractivity contribution in [1.82, 2.24) is 15.1 Å². The molecule has 0 bridgehead atoms. The average Bonchev–Trinajstić information content (AvgIpc) is 2.69. The third-order valence-electron chi connectivity index (χ3n) is 4.24. The number of nitriles is 1. The van der Waals surface area contributed by atoms with E-state index in [1.54, 1.807) is 0 Å². The topological polar surface area (TPSA) is 42.3 Å². The van der Waals surface area contributed by atoms with E-state index in [9.17, 15) is 5.26 Å². The van der Waals surface area contributed by atoms with Crippen molar-refractivity contribution in [2.75, 3.05) is 39.3 Å². The molecule has 0 aromatic heterocycles. The van der Waals surface area contributed by atoms with Crippen LogP contribution in [0.4, 0.5) is 0 Å². The molecule has 0 amide bonds. The zero-order valence-corrected chi connectivity index (χ0v) is 11.8. The maximum absolute atomic E-state index is 9.36. The first kappa shape index (κ1) is 13.8. The van der Waals surface area contributed by atoms with E-state index in [2.05, 4.69) is 28.1 Å². The zero-order chi connectivity index (χ0) is 13.0. The second-order valence-corrected chi connectivity index (χ2v) is 5.89. The van der Waals surface area contributed by atoms with Crippen molar-refractivity contribution in [1.29, 1.82) is 5.26 Å². The third-order valence-corrected chi connectivity index (χ3v) is 4.24. The average molecular weight is 250 g/mol. The fraction of sp³-hybridized carbons (Fsp3) is 0.929. The Balaban J connectivity index is 1.94. The first-order valence-corrected chi connectivity index (χ1v) is 7.29. The van der Waals surface area contributed by atoms with E-state index < -0.39 is 5.54 Å². The van der Waals surface area contributed by atoms with Gasteiger partial charge in [-0.15, -0.1) is 0 Å². The Kier molecular flexibility index (Phi) is 4.60. The zero-order valence-electron chi connectivity index (χ0n) is 11.8. The predicted molar refractivity (Wildman–Crippen MR) is 73.3 cm³/mol. The fourth-order valence-corrected chi connectivity index (χ4v) is 3.39. The molecule has 2 aliphatic rings. The number of hydrogen-bond acceptors (Lipinski definition) is 4. The summed E-state index contributed by atoms with van der Waals surface area (Å²) in [5, 5.41) is 12.7. The summed E-state index contributed by atoms with van der Waals surface area (Å²) in [6.45, 7) is 10.6. The Morgan fingerprint density at radius 2 is 2.11 bits per heavy atom. The van der Waals surface area contributed by atoms with Crippen molar-refractivity contribution >= 4 is 0 Å². The first-order valence-electron chi connectivity index (χ1n) is 7.29. The molecule has 2 fully saturated rings. The number of nitrogens with zero attached hydrogens (tertiary/aromatic N) is 3. The van der Waals surface area contributed by atoms with Crippen LogP contribution in [-0.2, 0) is 0 Å². The van der Waals surface area contributed by atoms with Crippen LogP contribution in [0.15, 0.2) is 0 Å². The summed E-state index contributed by atoms with van der Waals surface area (Å²) in [5.41, 5.74) is -0.400. The first-order chi connectivity index (χ1) is 8.67. The minimum absolute atomic E-state index is 0.400. The third kappa shape index (κ3) is 3.23. The molecule has 2 atom stereocenters. The highest BCUT2D eigenvalue weighted by Gasteiger charge is 2.32. The van der Waals surface area contributed by atoms with Crippen molar-refractivity contribution in [3.05, 3.63) is 0 Å². The van der Waals surface area contributed by atoms with Gasteiger partial charge in [0.1, 0.15) is 5.54 Å². The Hall–Kier alpha value is -0.630. The lowest BCUT2D eigenvalue weighted by Gasteiger charge is -2.32. The van der Waals surface area contributed by atoms with Gasteiger partial charge < -0.3 is 0 Å². The van der Waals surface area contributed by atoms with E-state index in [4.69, 9.17) is 0 Å². The molecule has 102 valence electrons. The van der Waals surface area contributed by atoms with Gasteiger partial charge in [-0.3, -0.25) is 15.1 Å². The quantitative estimate of drug-likeness (QED) is 0.810. The highest BCUT2D eigenvalue weighted by atomic mass is 15.3. The molecule has 2 unspecified atom stereocenters. The van der Waals surface area contributed by atoms with E-state index in [1.807, 2.05) is 6.92 Å². The van der Waals surface area contributed by atoms with Gasteiger partial charge in [0.2, 0.25) is 0 Å². The Morgan fingerprint density at radius 3 is 2.83 bits per heavy atom. The van der Waals surface area contributed by atoms with Crippen LogP contribution in [0.2, 0.25) is 0 Å². The lowest BCUT2D eigenvalue weighted by Crippen LogP contribution is -2.51. The maximum atomic E-state index is 9.36. The van der Waals surface area contributed by atoms with Gasteiger partial charge in [0.25, 0.3) is 0 Å². The molecule has 2 heterocycles. The molecule has 1 N–H and O–H groups in total. The van der Waals surface area contributed by atoms with E-state index in [-0.39, 0.29) is 0 Å². The SMILES string of the molecule is CCNC(C)(C#N)CN1CCCN2CCCC2C1. The molecule has 0 aromatic carbocycles. The second-order valence-electron chi connectivity index (χ2n) is 5.89. The number of fused-ring (bicyclic) bond motifs is 1. The molecule has 0 spiro atoms. The lowest BCUT2D eigenvalue weighted by atomic mass is 10.0. The van der Waals surface area contributed by atoms with Crippen molar-refractivity contribution in [2.45, 2.75) is 44.7 Å². The number of likely N-dealkylation sites (N-methyl/N-ethyl adjacent to an activating group) is 1.